The SMILES string of the molecule is COc1cc(-c2ccnc3cc(-c4ccccc4)nn23)cc(OC)c1OC. The lowest BCUT2D eigenvalue weighted by molar-refractivity contribution is 0.324. The van der Waals surface area contributed by atoms with Crippen LogP contribution in [0.1, 0.15) is 0 Å². The van der Waals surface area contributed by atoms with Crippen LogP contribution in [-0.2, 0) is 0 Å². The Bertz CT molecular complexity index is 1070. The Kier molecular flexibility index (Phi) is 4.38. The first kappa shape index (κ1) is 16.9. The molecule has 0 radical (unpaired) electrons. The second kappa shape index (κ2) is 6.99. The van der Waals surface area contributed by atoms with Gasteiger partial charge in [-0.2, -0.15) is 5.10 Å². The molecule has 0 bridgehead atoms. The quantitative estimate of drug-likeness (QED) is 0.536. The fraction of sp³-hybridized carbons (Fsp3) is 0.143. The van der Waals surface area contributed by atoms with E-state index in [0.29, 0.717) is 17.2 Å². The van der Waals surface area contributed by atoms with E-state index >= 15 is 0 Å². The van der Waals surface area contributed by atoms with Crippen LogP contribution in [-0.4, -0.2) is 35.9 Å². The van der Waals surface area contributed by atoms with E-state index in [9.17, 15) is 0 Å². The average Bonchev–Trinajstić information content (AvgIpc) is 3.17. The summed E-state index contributed by atoms with van der Waals surface area (Å²) in [6, 6.07) is 17.7. The van der Waals surface area contributed by atoms with Gasteiger partial charge in [0.15, 0.2) is 17.1 Å². The normalized spacial score (nSPS) is 10.8. The van der Waals surface area contributed by atoms with Gasteiger partial charge in [-0.1, -0.05) is 30.3 Å². The Morgan fingerprint density at radius 3 is 2.11 bits per heavy atom. The first-order chi connectivity index (χ1) is 13.2. The van der Waals surface area contributed by atoms with Crippen molar-refractivity contribution in [2.75, 3.05) is 21.3 Å². The summed E-state index contributed by atoms with van der Waals surface area (Å²) in [5.74, 6) is 1.74. The van der Waals surface area contributed by atoms with Gasteiger partial charge in [-0.3, -0.25) is 0 Å². The van der Waals surface area contributed by atoms with Crippen LogP contribution >= 0.6 is 0 Å². The molecule has 27 heavy (non-hydrogen) atoms. The molecule has 6 heteroatoms. The van der Waals surface area contributed by atoms with Crippen molar-refractivity contribution in [1.29, 1.82) is 0 Å². The van der Waals surface area contributed by atoms with Gasteiger partial charge in [-0.15, -0.1) is 0 Å². The lowest BCUT2D eigenvalue weighted by Gasteiger charge is -2.14. The summed E-state index contributed by atoms with van der Waals surface area (Å²) in [6.45, 7) is 0. The molecule has 0 saturated carbocycles. The fourth-order valence-corrected chi connectivity index (χ4v) is 3.09. The number of aromatic nitrogens is 3. The molecule has 6 nitrogen and oxygen atoms in total. The fourth-order valence-electron chi connectivity index (χ4n) is 3.09. The third-order valence-corrected chi connectivity index (χ3v) is 4.39. The van der Waals surface area contributed by atoms with E-state index in [1.54, 1.807) is 27.5 Å². The number of nitrogens with zero attached hydrogens (tertiary/aromatic N) is 3. The van der Waals surface area contributed by atoms with Crippen molar-refractivity contribution in [3.05, 3.63) is 60.8 Å². The summed E-state index contributed by atoms with van der Waals surface area (Å²) in [4.78, 5) is 4.45. The minimum atomic E-state index is 0.555. The highest BCUT2D eigenvalue weighted by molar-refractivity contribution is 5.72. The van der Waals surface area contributed by atoms with Gasteiger partial charge in [-0.05, 0) is 18.2 Å². The Balaban J connectivity index is 1.91. The number of hydrogen-bond acceptors (Lipinski definition) is 5. The van der Waals surface area contributed by atoms with Gasteiger partial charge in [0, 0.05) is 23.4 Å². The monoisotopic (exact) mass is 361 g/mol. The van der Waals surface area contributed by atoms with Crippen molar-refractivity contribution in [3.63, 3.8) is 0 Å². The number of fused-ring (bicyclic) bond motifs is 1. The number of rotatable bonds is 5. The van der Waals surface area contributed by atoms with Crippen molar-refractivity contribution in [1.82, 2.24) is 14.6 Å². The first-order valence-electron chi connectivity index (χ1n) is 8.45. The number of hydrogen-bond donors (Lipinski definition) is 0. The zero-order chi connectivity index (χ0) is 18.8. The molecular formula is C21H19N3O3. The first-order valence-corrected chi connectivity index (χ1v) is 8.45. The van der Waals surface area contributed by atoms with Crippen LogP contribution in [0, 0.1) is 0 Å². The molecule has 0 aliphatic carbocycles. The van der Waals surface area contributed by atoms with Gasteiger partial charge in [0.05, 0.1) is 32.7 Å². The summed E-state index contributed by atoms with van der Waals surface area (Å²) in [5, 5.41) is 4.75. The molecule has 0 atom stereocenters. The molecule has 2 aromatic heterocycles. The molecule has 0 fully saturated rings. The van der Waals surface area contributed by atoms with Crippen LogP contribution in [0.4, 0.5) is 0 Å². The molecule has 0 N–H and O–H groups in total. The maximum Gasteiger partial charge on any atom is 0.203 e. The van der Waals surface area contributed by atoms with Crippen LogP contribution < -0.4 is 14.2 Å². The highest BCUT2D eigenvalue weighted by atomic mass is 16.5. The highest BCUT2D eigenvalue weighted by Crippen LogP contribution is 2.41. The van der Waals surface area contributed by atoms with E-state index in [-0.39, 0.29) is 0 Å². The molecule has 0 aliphatic rings. The predicted molar refractivity (Wildman–Crippen MR) is 104 cm³/mol. The molecule has 0 saturated heterocycles. The third kappa shape index (κ3) is 2.95. The Hall–Kier alpha value is -3.54. The largest absolute Gasteiger partial charge is 0.493 e. The standard InChI is InChI=1S/C21H19N3O3/c1-25-18-11-15(12-19(26-2)21(18)27-3)17-9-10-22-20-13-16(23-24(17)20)14-7-5-4-6-8-14/h4-13H,1-3H3. The molecule has 4 rings (SSSR count). The summed E-state index contributed by atoms with van der Waals surface area (Å²) >= 11 is 0. The summed E-state index contributed by atoms with van der Waals surface area (Å²) in [5.41, 5.74) is 4.43. The molecule has 4 aromatic rings. The van der Waals surface area contributed by atoms with Gasteiger partial charge in [0.2, 0.25) is 5.75 Å². The maximum absolute atomic E-state index is 5.48. The zero-order valence-corrected chi connectivity index (χ0v) is 15.3. The molecular weight excluding hydrogens is 342 g/mol. The van der Waals surface area contributed by atoms with Crippen LogP contribution in [0.25, 0.3) is 28.2 Å². The van der Waals surface area contributed by atoms with Gasteiger partial charge in [-0.25, -0.2) is 9.50 Å². The van der Waals surface area contributed by atoms with Crippen molar-refractivity contribution in [3.8, 4) is 39.8 Å². The van der Waals surface area contributed by atoms with Crippen molar-refractivity contribution >= 4 is 5.65 Å². The molecule has 136 valence electrons. The van der Waals surface area contributed by atoms with Gasteiger partial charge in [0.1, 0.15) is 0 Å². The second-order valence-corrected chi connectivity index (χ2v) is 5.91. The summed E-state index contributed by atoms with van der Waals surface area (Å²) in [7, 11) is 4.79. The summed E-state index contributed by atoms with van der Waals surface area (Å²) < 4.78 is 18.2. The number of methoxy groups -OCH3 is 3. The third-order valence-electron chi connectivity index (χ3n) is 4.39. The lowest BCUT2D eigenvalue weighted by atomic mass is 10.1. The Morgan fingerprint density at radius 1 is 0.778 bits per heavy atom. The minimum Gasteiger partial charge on any atom is -0.493 e. The number of ether oxygens (including phenoxy) is 3. The van der Waals surface area contributed by atoms with E-state index in [2.05, 4.69) is 4.98 Å². The molecule has 0 amide bonds. The van der Waals surface area contributed by atoms with E-state index in [0.717, 1.165) is 28.2 Å². The van der Waals surface area contributed by atoms with Gasteiger partial charge < -0.3 is 14.2 Å². The Morgan fingerprint density at radius 2 is 1.48 bits per heavy atom. The van der Waals surface area contributed by atoms with E-state index in [1.165, 1.54) is 0 Å². The van der Waals surface area contributed by atoms with Crippen LogP contribution in [0.3, 0.4) is 0 Å². The number of benzene rings is 2. The molecule has 2 heterocycles. The Labute approximate surface area is 157 Å². The maximum atomic E-state index is 5.48. The smallest absolute Gasteiger partial charge is 0.203 e. The van der Waals surface area contributed by atoms with Crippen molar-refractivity contribution < 1.29 is 14.2 Å². The molecule has 0 spiro atoms. The van der Waals surface area contributed by atoms with E-state index < -0.39 is 0 Å². The average molecular weight is 361 g/mol. The van der Waals surface area contributed by atoms with Crippen LogP contribution in [0.5, 0.6) is 17.2 Å². The minimum absolute atomic E-state index is 0.555. The van der Waals surface area contributed by atoms with E-state index in [1.807, 2.05) is 59.1 Å². The van der Waals surface area contributed by atoms with E-state index in [4.69, 9.17) is 19.3 Å². The molecule has 2 aromatic carbocycles. The molecule has 0 unspecified atom stereocenters. The van der Waals surface area contributed by atoms with Crippen LogP contribution in [0.15, 0.2) is 60.8 Å². The topological polar surface area (TPSA) is 57.9 Å². The second-order valence-electron chi connectivity index (χ2n) is 5.91. The zero-order valence-electron chi connectivity index (χ0n) is 15.3. The molecule has 0 aliphatic heterocycles. The lowest BCUT2D eigenvalue weighted by Crippen LogP contribution is -1.99. The van der Waals surface area contributed by atoms with Crippen molar-refractivity contribution in [2.45, 2.75) is 0 Å². The van der Waals surface area contributed by atoms with Crippen molar-refractivity contribution in [2.24, 2.45) is 0 Å². The highest BCUT2D eigenvalue weighted by Gasteiger charge is 2.16. The summed E-state index contributed by atoms with van der Waals surface area (Å²) in [6.07, 6.45) is 1.77. The van der Waals surface area contributed by atoms with Gasteiger partial charge in [0.25, 0.3) is 0 Å². The predicted octanol–water partition coefficient (Wildman–Crippen LogP) is 4.09. The van der Waals surface area contributed by atoms with Gasteiger partial charge >= 0.3 is 0 Å². The van der Waals surface area contributed by atoms with Crippen LogP contribution in [0.2, 0.25) is 0 Å².